The Morgan fingerprint density at radius 2 is 1.54 bits per heavy atom. The predicted molar refractivity (Wildman–Crippen MR) is 110 cm³/mol. The standard InChI is InChI=1S/C20H16BrFN2O3S/c21-18-8-4-5-9-19(18)23-20(25)14-24(16-12-10-15(22)11-13-16)28(26,27)17-6-2-1-3-7-17/h1-13H,14H2,(H,23,25). The monoisotopic (exact) mass is 462 g/mol. The summed E-state index contributed by atoms with van der Waals surface area (Å²) in [5.41, 5.74) is 0.705. The van der Waals surface area contributed by atoms with Gasteiger partial charge in [-0.2, -0.15) is 0 Å². The van der Waals surface area contributed by atoms with Crippen molar-refractivity contribution in [1.29, 1.82) is 0 Å². The second-order valence-corrected chi connectivity index (χ2v) is 8.55. The number of nitrogens with zero attached hydrogens (tertiary/aromatic N) is 1. The summed E-state index contributed by atoms with van der Waals surface area (Å²) in [7, 11) is -4.03. The fourth-order valence-corrected chi connectivity index (χ4v) is 4.35. The van der Waals surface area contributed by atoms with Gasteiger partial charge in [0.2, 0.25) is 5.91 Å². The molecule has 0 aromatic heterocycles. The van der Waals surface area contributed by atoms with Gasteiger partial charge in [0.05, 0.1) is 16.3 Å². The highest BCUT2D eigenvalue weighted by Crippen LogP contribution is 2.25. The number of benzene rings is 3. The van der Waals surface area contributed by atoms with Crippen LogP contribution in [0.25, 0.3) is 0 Å². The summed E-state index contributed by atoms with van der Waals surface area (Å²) >= 11 is 3.33. The average Bonchev–Trinajstić information content (AvgIpc) is 2.69. The molecule has 0 heterocycles. The Balaban J connectivity index is 1.94. The Morgan fingerprint density at radius 3 is 2.18 bits per heavy atom. The fourth-order valence-electron chi connectivity index (χ4n) is 2.52. The summed E-state index contributed by atoms with van der Waals surface area (Å²) in [5.74, 6) is -1.03. The zero-order valence-corrected chi connectivity index (χ0v) is 17.0. The van der Waals surface area contributed by atoms with Gasteiger partial charge in [0.25, 0.3) is 10.0 Å². The van der Waals surface area contributed by atoms with Gasteiger partial charge in [-0.25, -0.2) is 12.8 Å². The largest absolute Gasteiger partial charge is 0.323 e. The molecule has 0 radical (unpaired) electrons. The lowest BCUT2D eigenvalue weighted by atomic mass is 10.3. The van der Waals surface area contributed by atoms with Crippen molar-refractivity contribution in [2.24, 2.45) is 0 Å². The van der Waals surface area contributed by atoms with E-state index in [4.69, 9.17) is 0 Å². The first-order chi connectivity index (χ1) is 13.4. The van der Waals surface area contributed by atoms with E-state index >= 15 is 0 Å². The van der Waals surface area contributed by atoms with E-state index in [1.54, 1.807) is 42.5 Å². The summed E-state index contributed by atoms with van der Waals surface area (Å²) < 4.78 is 41.2. The number of anilines is 2. The molecule has 0 unspecified atom stereocenters. The third-order valence-corrected chi connectivity index (χ3v) is 6.36. The highest BCUT2D eigenvalue weighted by molar-refractivity contribution is 9.10. The van der Waals surface area contributed by atoms with Crippen molar-refractivity contribution in [3.8, 4) is 0 Å². The molecule has 3 aromatic rings. The Labute approximate surface area is 171 Å². The van der Waals surface area contributed by atoms with Gasteiger partial charge in [-0.15, -0.1) is 0 Å². The van der Waals surface area contributed by atoms with Crippen molar-refractivity contribution in [2.45, 2.75) is 4.90 Å². The van der Waals surface area contributed by atoms with E-state index in [0.717, 1.165) is 16.4 Å². The molecule has 0 atom stereocenters. The lowest BCUT2D eigenvalue weighted by Gasteiger charge is -2.24. The van der Waals surface area contributed by atoms with Gasteiger partial charge >= 0.3 is 0 Å². The number of carbonyl (C=O) groups excluding carboxylic acids is 1. The molecule has 0 saturated heterocycles. The molecule has 0 saturated carbocycles. The molecule has 5 nitrogen and oxygen atoms in total. The minimum Gasteiger partial charge on any atom is -0.323 e. The van der Waals surface area contributed by atoms with Gasteiger partial charge in [-0.3, -0.25) is 9.10 Å². The normalized spacial score (nSPS) is 11.1. The molecule has 8 heteroatoms. The second-order valence-electron chi connectivity index (χ2n) is 5.83. The van der Waals surface area contributed by atoms with E-state index in [0.29, 0.717) is 10.2 Å². The third-order valence-electron chi connectivity index (χ3n) is 3.88. The Hall–Kier alpha value is -2.71. The molecule has 0 bridgehead atoms. The van der Waals surface area contributed by atoms with Crippen LogP contribution in [0.4, 0.5) is 15.8 Å². The number of halogens is 2. The number of hydrogen-bond acceptors (Lipinski definition) is 3. The minimum absolute atomic E-state index is 0.0352. The van der Waals surface area contributed by atoms with Crippen LogP contribution in [0, 0.1) is 5.82 Å². The van der Waals surface area contributed by atoms with Crippen molar-refractivity contribution in [2.75, 3.05) is 16.2 Å². The number of nitrogens with one attached hydrogen (secondary N) is 1. The quantitative estimate of drug-likeness (QED) is 0.589. The van der Waals surface area contributed by atoms with Crippen molar-refractivity contribution < 1.29 is 17.6 Å². The molecule has 3 aromatic carbocycles. The summed E-state index contributed by atoms with van der Waals surface area (Å²) in [6.45, 7) is -0.468. The second kappa shape index (κ2) is 8.53. The molecule has 3 rings (SSSR count). The summed E-state index contributed by atoms with van der Waals surface area (Å²) in [6.07, 6.45) is 0. The summed E-state index contributed by atoms with van der Waals surface area (Å²) in [5, 5.41) is 2.68. The van der Waals surface area contributed by atoms with Crippen molar-refractivity contribution in [3.05, 3.63) is 89.2 Å². The van der Waals surface area contributed by atoms with Crippen LogP contribution in [0.15, 0.2) is 88.2 Å². The van der Waals surface area contributed by atoms with Crippen LogP contribution in [0.1, 0.15) is 0 Å². The summed E-state index contributed by atoms with van der Waals surface area (Å²) in [4.78, 5) is 12.6. The number of hydrogen-bond donors (Lipinski definition) is 1. The SMILES string of the molecule is O=C(CN(c1ccc(F)cc1)S(=O)(=O)c1ccccc1)Nc1ccccc1Br. The predicted octanol–water partition coefficient (Wildman–Crippen LogP) is 4.42. The molecular weight excluding hydrogens is 447 g/mol. The third kappa shape index (κ3) is 4.58. The number of carbonyl (C=O) groups is 1. The number of amides is 1. The van der Waals surface area contributed by atoms with E-state index < -0.39 is 28.3 Å². The maximum Gasteiger partial charge on any atom is 0.264 e. The van der Waals surface area contributed by atoms with E-state index in [1.807, 2.05) is 0 Å². The zero-order valence-electron chi connectivity index (χ0n) is 14.5. The Bertz CT molecular complexity index is 1070. The molecule has 0 spiro atoms. The highest BCUT2D eigenvalue weighted by atomic mass is 79.9. The van der Waals surface area contributed by atoms with Crippen LogP contribution in [-0.2, 0) is 14.8 Å². The van der Waals surface area contributed by atoms with E-state index in [2.05, 4.69) is 21.2 Å². The molecule has 28 heavy (non-hydrogen) atoms. The van der Waals surface area contributed by atoms with Crippen molar-refractivity contribution >= 4 is 43.2 Å². The molecular formula is C20H16BrFN2O3S. The van der Waals surface area contributed by atoms with Crippen LogP contribution < -0.4 is 9.62 Å². The lowest BCUT2D eigenvalue weighted by molar-refractivity contribution is -0.114. The smallest absolute Gasteiger partial charge is 0.264 e. The number of rotatable bonds is 6. The molecule has 144 valence electrons. The average molecular weight is 463 g/mol. The number of para-hydroxylation sites is 1. The maximum absolute atomic E-state index is 13.3. The summed E-state index contributed by atoms with van der Waals surface area (Å²) in [6, 6.07) is 19.7. The minimum atomic E-state index is -4.03. The molecule has 1 N–H and O–H groups in total. The first kappa shape index (κ1) is 20.0. The fraction of sp³-hybridized carbons (Fsp3) is 0.0500. The van der Waals surface area contributed by atoms with Crippen LogP contribution in [0.2, 0.25) is 0 Å². The van der Waals surface area contributed by atoms with Gasteiger partial charge in [-0.05, 0) is 64.5 Å². The first-order valence-corrected chi connectivity index (χ1v) is 10.5. The lowest BCUT2D eigenvalue weighted by Crippen LogP contribution is -2.38. The van der Waals surface area contributed by atoms with E-state index in [9.17, 15) is 17.6 Å². The number of sulfonamides is 1. The Morgan fingerprint density at radius 1 is 0.929 bits per heavy atom. The zero-order chi connectivity index (χ0) is 20.1. The molecule has 1 amide bonds. The van der Waals surface area contributed by atoms with Gasteiger partial charge in [0, 0.05) is 4.47 Å². The Kier molecular flexibility index (Phi) is 6.11. The van der Waals surface area contributed by atoms with Gasteiger partial charge in [0.15, 0.2) is 0 Å². The van der Waals surface area contributed by atoms with Crippen LogP contribution in [0.5, 0.6) is 0 Å². The van der Waals surface area contributed by atoms with Crippen molar-refractivity contribution in [3.63, 3.8) is 0 Å². The van der Waals surface area contributed by atoms with Crippen LogP contribution in [-0.4, -0.2) is 20.9 Å². The molecule has 0 aliphatic heterocycles. The van der Waals surface area contributed by atoms with Crippen LogP contribution in [0.3, 0.4) is 0 Å². The van der Waals surface area contributed by atoms with Gasteiger partial charge in [0.1, 0.15) is 12.4 Å². The first-order valence-electron chi connectivity index (χ1n) is 8.25. The van der Waals surface area contributed by atoms with Gasteiger partial charge < -0.3 is 5.32 Å². The van der Waals surface area contributed by atoms with Crippen LogP contribution >= 0.6 is 15.9 Å². The molecule has 0 aliphatic rings. The topological polar surface area (TPSA) is 66.5 Å². The van der Waals surface area contributed by atoms with E-state index in [1.165, 1.54) is 24.3 Å². The van der Waals surface area contributed by atoms with Crippen molar-refractivity contribution in [1.82, 2.24) is 0 Å². The molecule has 0 aliphatic carbocycles. The molecule has 0 fully saturated rings. The van der Waals surface area contributed by atoms with Gasteiger partial charge in [-0.1, -0.05) is 30.3 Å². The highest BCUT2D eigenvalue weighted by Gasteiger charge is 2.27. The maximum atomic E-state index is 13.3. The van der Waals surface area contributed by atoms with E-state index in [-0.39, 0.29) is 10.6 Å².